The van der Waals surface area contributed by atoms with Gasteiger partial charge in [-0.15, -0.1) is 0 Å². The van der Waals surface area contributed by atoms with Gasteiger partial charge in [-0.05, 0) is 43.4 Å². The molecule has 2 aliphatic heterocycles. The number of carbonyl (C=O) groups is 2. The number of aryl methyl sites for hydroxylation is 1. The number of rotatable bonds is 9. The molecular weight excluding hydrogens is 458 g/mol. The van der Waals surface area contributed by atoms with Crippen molar-refractivity contribution in [3.05, 3.63) is 53.6 Å². The molecule has 9 heteroatoms. The van der Waals surface area contributed by atoms with Crippen LogP contribution in [-0.4, -0.2) is 68.1 Å². The molecule has 2 aliphatic rings. The van der Waals surface area contributed by atoms with Crippen LogP contribution in [0.25, 0.3) is 0 Å². The third kappa shape index (κ3) is 4.63. The van der Waals surface area contributed by atoms with Gasteiger partial charge >= 0.3 is 5.92 Å². The summed E-state index contributed by atoms with van der Waals surface area (Å²) >= 11 is 0. The molecule has 0 spiro atoms. The molecule has 0 aromatic heterocycles. The number of benzene rings is 2. The Labute approximate surface area is 203 Å². The predicted octanol–water partition coefficient (Wildman–Crippen LogP) is 3.64. The molecule has 0 unspecified atom stereocenters. The van der Waals surface area contributed by atoms with Gasteiger partial charge in [0.2, 0.25) is 11.7 Å². The van der Waals surface area contributed by atoms with E-state index in [0.717, 1.165) is 29.9 Å². The average Bonchev–Trinajstić information content (AvgIpc) is 3.22. The third-order valence-corrected chi connectivity index (χ3v) is 6.80. The Kier molecular flexibility index (Phi) is 7.14. The largest absolute Gasteiger partial charge is 0.493 e. The minimum Gasteiger partial charge on any atom is -0.493 e. The van der Waals surface area contributed by atoms with Crippen molar-refractivity contribution < 1.29 is 32.6 Å². The van der Waals surface area contributed by atoms with E-state index in [1.54, 1.807) is 4.90 Å². The monoisotopic (exact) mass is 488 g/mol. The summed E-state index contributed by atoms with van der Waals surface area (Å²) in [6.45, 7) is 0.799. The van der Waals surface area contributed by atoms with E-state index in [0.29, 0.717) is 19.4 Å². The average molecular weight is 489 g/mol. The summed E-state index contributed by atoms with van der Waals surface area (Å²) in [4.78, 5) is 29.1. The van der Waals surface area contributed by atoms with Gasteiger partial charge in [0.15, 0.2) is 11.5 Å². The summed E-state index contributed by atoms with van der Waals surface area (Å²) in [7, 11) is 4.00. The number of hydrogen-bond acceptors (Lipinski definition) is 5. The van der Waals surface area contributed by atoms with Crippen molar-refractivity contribution in [1.82, 2.24) is 9.80 Å². The van der Waals surface area contributed by atoms with Crippen LogP contribution in [0.4, 0.5) is 8.78 Å². The minimum absolute atomic E-state index is 0.0246. The molecule has 7 nitrogen and oxygen atoms in total. The van der Waals surface area contributed by atoms with E-state index in [4.69, 9.17) is 14.2 Å². The number of fused-ring (bicyclic) bond motifs is 2. The number of ether oxygens (including phenoxy) is 3. The predicted molar refractivity (Wildman–Crippen MR) is 125 cm³/mol. The second-order valence-corrected chi connectivity index (χ2v) is 8.82. The van der Waals surface area contributed by atoms with Crippen LogP contribution in [0.3, 0.4) is 0 Å². The zero-order chi connectivity index (χ0) is 25.2. The number of carbonyl (C=O) groups excluding carboxylic acids is 2. The normalized spacial score (nSPS) is 19.6. The lowest BCUT2D eigenvalue weighted by Crippen LogP contribution is -2.61. The van der Waals surface area contributed by atoms with Crippen LogP contribution in [0.15, 0.2) is 42.5 Å². The van der Waals surface area contributed by atoms with E-state index in [2.05, 4.69) is 0 Å². The van der Waals surface area contributed by atoms with Crippen molar-refractivity contribution in [1.29, 1.82) is 0 Å². The molecule has 0 aliphatic carbocycles. The number of likely N-dealkylation sites (tertiary alicyclic amines) is 1. The van der Waals surface area contributed by atoms with Crippen molar-refractivity contribution in [3.63, 3.8) is 0 Å². The van der Waals surface area contributed by atoms with Crippen molar-refractivity contribution in [2.45, 2.75) is 43.7 Å². The number of nitrogens with zero attached hydrogens (tertiary/aromatic N) is 2. The Bertz CT molecular complexity index is 1050. The van der Waals surface area contributed by atoms with Gasteiger partial charge in [-0.2, -0.15) is 8.78 Å². The molecule has 2 saturated heterocycles. The maximum absolute atomic E-state index is 15.5. The lowest BCUT2D eigenvalue weighted by Gasteiger charge is -2.41. The van der Waals surface area contributed by atoms with Crippen LogP contribution in [0.2, 0.25) is 0 Å². The van der Waals surface area contributed by atoms with Crippen LogP contribution < -0.4 is 14.2 Å². The Morgan fingerprint density at radius 1 is 1.03 bits per heavy atom. The molecule has 2 heterocycles. The Morgan fingerprint density at radius 2 is 1.69 bits per heavy atom. The van der Waals surface area contributed by atoms with Gasteiger partial charge in [0.05, 0.1) is 27.4 Å². The van der Waals surface area contributed by atoms with Crippen LogP contribution in [0.5, 0.6) is 17.2 Å². The molecule has 4 rings (SSSR count). The Morgan fingerprint density at radius 3 is 2.29 bits per heavy atom. The van der Waals surface area contributed by atoms with E-state index >= 15 is 8.78 Å². The maximum atomic E-state index is 15.5. The highest BCUT2D eigenvalue weighted by Gasteiger charge is 2.55. The molecule has 188 valence electrons. The number of piperazine rings is 1. The fourth-order valence-electron chi connectivity index (χ4n) is 5.04. The molecule has 0 radical (unpaired) electrons. The summed E-state index contributed by atoms with van der Waals surface area (Å²) < 4.78 is 46.6. The van der Waals surface area contributed by atoms with Crippen molar-refractivity contribution in [3.8, 4) is 17.2 Å². The Balaban J connectivity index is 1.50. The first-order valence-corrected chi connectivity index (χ1v) is 11.7. The third-order valence-electron chi connectivity index (χ3n) is 6.80. The summed E-state index contributed by atoms with van der Waals surface area (Å²) in [5.41, 5.74) is 0.607. The molecule has 2 aromatic carbocycles. The first-order valence-electron chi connectivity index (χ1n) is 11.7. The first-order chi connectivity index (χ1) is 16.8. The summed E-state index contributed by atoms with van der Waals surface area (Å²) in [6.07, 6.45) is 2.49. The Hall–Kier alpha value is -3.36. The molecular formula is C26H30F2N2O5. The second kappa shape index (κ2) is 10.1. The fourth-order valence-corrected chi connectivity index (χ4v) is 5.04. The number of halogens is 2. The number of amides is 2. The topological polar surface area (TPSA) is 68.3 Å². The lowest BCUT2D eigenvalue weighted by molar-refractivity contribution is -0.170. The zero-order valence-electron chi connectivity index (χ0n) is 20.1. The lowest BCUT2D eigenvalue weighted by atomic mass is 10.0. The van der Waals surface area contributed by atoms with Crippen LogP contribution in [0, 0.1) is 0 Å². The molecule has 35 heavy (non-hydrogen) atoms. The highest BCUT2D eigenvalue weighted by molar-refractivity contribution is 5.93. The molecule has 0 N–H and O–H groups in total. The standard InChI is InChI=1S/C26H30F2N2O5/c1-33-21-14-18(15-22(34-2)23(21)35-3)26(27,28)25(32)30-19-11-12-20(30)24(31)29(16-19)13-7-10-17-8-5-4-6-9-17/h4-6,8-9,14-15,19-20H,7,10-13,16H2,1-3H3/t19-,20+/m1/s1. The second-order valence-electron chi connectivity index (χ2n) is 8.82. The van der Waals surface area contributed by atoms with Gasteiger partial charge in [-0.25, -0.2) is 0 Å². The van der Waals surface area contributed by atoms with E-state index in [-0.39, 0.29) is 29.7 Å². The van der Waals surface area contributed by atoms with E-state index in [1.165, 1.54) is 26.9 Å². The highest BCUT2D eigenvalue weighted by Crippen LogP contribution is 2.44. The van der Waals surface area contributed by atoms with Gasteiger partial charge in [0.25, 0.3) is 5.91 Å². The number of methoxy groups -OCH3 is 3. The van der Waals surface area contributed by atoms with Crippen LogP contribution >= 0.6 is 0 Å². The van der Waals surface area contributed by atoms with Gasteiger partial charge < -0.3 is 24.0 Å². The molecule has 2 aromatic rings. The maximum Gasteiger partial charge on any atom is 0.350 e. The first kappa shape index (κ1) is 24.8. The van der Waals surface area contributed by atoms with Gasteiger partial charge in [-0.1, -0.05) is 30.3 Å². The van der Waals surface area contributed by atoms with Gasteiger partial charge in [-0.3, -0.25) is 9.59 Å². The van der Waals surface area contributed by atoms with E-state index in [1.807, 2.05) is 30.3 Å². The fraction of sp³-hybridized carbons (Fsp3) is 0.462. The number of hydrogen-bond donors (Lipinski definition) is 0. The summed E-state index contributed by atoms with van der Waals surface area (Å²) in [5.74, 6) is -5.31. The zero-order valence-corrected chi connectivity index (χ0v) is 20.1. The van der Waals surface area contributed by atoms with Crippen LogP contribution in [-0.2, 0) is 21.9 Å². The smallest absolute Gasteiger partial charge is 0.350 e. The molecule has 0 saturated carbocycles. The summed E-state index contributed by atoms with van der Waals surface area (Å²) in [6, 6.07) is 10.8. The minimum atomic E-state index is -3.87. The van der Waals surface area contributed by atoms with Crippen molar-refractivity contribution in [2.24, 2.45) is 0 Å². The molecule has 2 amide bonds. The van der Waals surface area contributed by atoms with Gasteiger partial charge in [0, 0.05) is 18.7 Å². The van der Waals surface area contributed by atoms with Crippen molar-refractivity contribution in [2.75, 3.05) is 34.4 Å². The van der Waals surface area contributed by atoms with Gasteiger partial charge in [0.1, 0.15) is 6.04 Å². The van der Waals surface area contributed by atoms with Crippen LogP contribution in [0.1, 0.15) is 30.4 Å². The molecule has 2 fully saturated rings. The van der Waals surface area contributed by atoms with Crippen molar-refractivity contribution >= 4 is 11.8 Å². The highest BCUT2D eigenvalue weighted by atomic mass is 19.3. The van der Waals surface area contributed by atoms with E-state index < -0.39 is 29.5 Å². The van der Waals surface area contributed by atoms with E-state index in [9.17, 15) is 9.59 Å². The SMILES string of the molecule is COc1cc(C(F)(F)C(=O)N2[C@@H]3CC[C@H]2C(=O)N(CCCc2ccccc2)C3)cc(OC)c1OC. The quantitative estimate of drug-likeness (QED) is 0.539. The number of alkyl halides is 2. The molecule has 2 atom stereocenters. The summed E-state index contributed by atoms with van der Waals surface area (Å²) in [5, 5.41) is 0. The molecule has 2 bridgehead atoms.